The molecule has 1 aliphatic carbocycles. The first kappa shape index (κ1) is 17.0. The maximum absolute atomic E-state index is 12.6. The van der Waals surface area contributed by atoms with Crippen LogP contribution >= 0.6 is 0 Å². The standard InChI is InChI=1S/C16H29NO3/c1-3-5-11-17(12-6-4-2)15(18)13-7-9-14(10-8-13)16(19)20/h13-14H,3-12H2,1-2H3,(H,19,20). The number of rotatable bonds is 8. The molecular weight excluding hydrogens is 254 g/mol. The number of hydrogen-bond donors (Lipinski definition) is 1. The summed E-state index contributed by atoms with van der Waals surface area (Å²) < 4.78 is 0. The second-order valence-electron chi connectivity index (χ2n) is 5.92. The molecular formula is C16H29NO3. The van der Waals surface area contributed by atoms with Crippen molar-refractivity contribution in [3.8, 4) is 0 Å². The molecule has 0 aromatic carbocycles. The van der Waals surface area contributed by atoms with Crippen LogP contribution in [0.1, 0.15) is 65.2 Å². The van der Waals surface area contributed by atoms with Crippen molar-refractivity contribution in [2.24, 2.45) is 11.8 Å². The number of unbranched alkanes of at least 4 members (excludes halogenated alkanes) is 2. The van der Waals surface area contributed by atoms with Gasteiger partial charge in [-0.1, -0.05) is 26.7 Å². The van der Waals surface area contributed by atoms with Gasteiger partial charge in [0.1, 0.15) is 0 Å². The minimum absolute atomic E-state index is 0.0549. The van der Waals surface area contributed by atoms with Crippen LogP contribution in [-0.2, 0) is 9.59 Å². The highest BCUT2D eigenvalue weighted by molar-refractivity contribution is 5.79. The van der Waals surface area contributed by atoms with Crippen LogP contribution in [-0.4, -0.2) is 35.0 Å². The Balaban J connectivity index is 2.49. The molecule has 1 saturated carbocycles. The van der Waals surface area contributed by atoms with Crippen LogP contribution < -0.4 is 0 Å². The molecule has 0 saturated heterocycles. The van der Waals surface area contributed by atoms with Crippen LogP contribution in [0.15, 0.2) is 0 Å². The molecule has 116 valence electrons. The van der Waals surface area contributed by atoms with E-state index in [0.717, 1.165) is 51.6 Å². The maximum atomic E-state index is 12.6. The maximum Gasteiger partial charge on any atom is 0.306 e. The summed E-state index contributed by atoms with van der Waals surface area (Å²) in [6.45, 7) is 5.99. The van der Waals surface area contributed by atoms with E-state index in [2.05, 4.69) is 13.8 Å². The Morgan fingerprint density at radius 3 is 1.80 bits per heavy atom. The van der Waals surface area contributed by atoms with E-state index in [9.17, 15) is 9.59 Å². The van der Waals surface area contributed by atoms with E-state index in [-0.39, 0.29) is 17.7 Å². The van der Waals surface area contributed by atoms with Crippen molar-refractivity contribution in [3.05, 3.63) is 0 Å². The molecule has 0 spiro atoms. The zero-order valence-electron chi connectivity index (χ0n) is 12.9. The third-order valence-corrected chi connectivity index (χ3v) is 4.30. The molecule has 0 atom stereocenters. The van der Waals surface area contributed by atoms with Gasteiger partial charge in [-0.15, -0.1) is 0 Å². The van der Waals surface area contributed by atoms with Gasteiger partial charge in [0.25, 0.3) is 0 Å². The van der Waals surface area contributed by atoms with Crippen molar-refractivity contribution in [1.82, 2.24) is 4.90 Å². The third-order valence-electron chi connectivity index (χ3n) is 4.30. The van der Waals surface area contributed by atoms with Gasteiger partial charge in [0, 0.05) is 19.0 Å². The van der Waals surface area contributed by atoms with Crippen LogP contribution in [0.25, 0.3) is 0 Å². The highest BCUT2D eigenvalue weighted by atomic mass is 16.4. The van der Waals surface area contributed by atoms with Crippen molar-refractivity contribution < 1.29 is 14.7 Å². The Bertz CT molecular complexity index is 301. The van der Waals surface area contributed by atoms with E-state index in [4.69, 9.17) is 5.11 Å². The normalized spacial score (nSPS) is 22.5. The lowest BCUT2D eigenvalue weighted by molar-refractivity contribution is -0.145. The van der Waals surface area contributed by atoms with E-state index in [1.165, 1.54) is 0 Å². The van der Waals surface area contributed by atoms with Crippen molar-refractivity contribution in [2.45, 2.75) is 65.2 Å². The van der Waals surface area contributed by atoms with Crippen LogP contribution in [0.3, 0.4) is 0 Å². The highest BCUT2D eigenvalue weighted by Crippen LogP contribution is 2.30. The topological polar surface area (TPSA) is 57.6 Å². The van der Waals surface area contributed by atoms with Crippen molar-refractivity contribution in [3.63, 3.8) is 0 Å². The number of aliphatic carboxylic acids is 1. The second-order valence-corrected chi connectivity index (χ2v) is 5.92. The summed E-state index contributed by atoms with van der Waals surface area (Å²) in [5.74, 6) is -0.626. The molecule has 0 heterocycles. The van der Waals surface area contributed by atoms with E-state index in [1.807, 2.05) is 4.90 Å². The molecule has 1 N–H and O–H groups in total. The number of carbonyl (C=O) groups is 2. The Morgan fingerprint density at radius 2 is 1.40 bits per heavy atom. The van der Waals surface area contributed by atoms with Crippen LogP contribution in [0.5, 0.6) is 0 Å². The van der Waals surface area contributed by atoms with Gasteiger partial charge in [-0.25, -0.2) is 0 Å². The SMILES string of the molecule is CCCCN(CCCC)C(=O)C1CCC(C(=O)O)CC1. The molecule has 0 aliphatic heterocycles. The summed E-state index contributed by atoms with van der Waals surface area (Å²) in [7, 11) is 0. The van der Waals surface area contributed by atoms with E-state index < -0.39 is 5.97 Å². The van der Waals surface area contributed by atoms with Crippen molar-refractivity contribution in [1.29, 1.82) is 0 Å². The van der Waals surface area contributed by atoms with Crippen LogP contribution in [0.2, 0.25) is 0 Å². The largest absolute Gasteiger partial charge is 0.481 e. The summed E-state index contributed by atoms with van der Waals surface area (Å²) in [4.78, 5) is 25.5. The summed E-state index contributed by atoms with van der Waals surface area (Å²) in [6, 6.07) is 0. The fraction of sp³-hybridized carbons (Fsp3) is 0.875. The van der Waals surface area contributed by atoms with Gasteiger partial charge < -0.3 is 10.0 Å². The Labute approximate surface area is 122 Å². The lowest BCUT2D eigenvalue weighted by Gasteiger charge is -2.31. The molecule has 0 radical (unpaired) electrons. The lowest BCUT2D eigenvalue weighted by atomic mass is 9.81. The Morgan fingerprint density at radius 1 is 0.950 bits per heavy atom. The van der Waals surface area contributed by atoms with Gasteiger partial charge in [-0.3, -0.25) is 9.59 Å². The monoisotopic (exact) mass is 283 g/mol. The van der Waals surface area contributed by atoms with Crippen molar-refractivity contribution in [2.75, 3.05) is 13.1 Å². The molecule has 0 aromatic rings. The molecule has 1 rings (SSSR count). The summed E-state index contributed by atoms with van der Waals surface area (Å²) in [6.07, 6.45) is 7.10. The number of nitrogens with zero attached hydrogens (tertiary/aromatic N) is 1. The van der Waals surface area contributed by atoms with Gasteiger partial charge >= 0.3 is 5.97 Å². The van der Waals surface area contributed by atoms with E-state index >= 15 is 0 Å². The minimum atomic E-state index is -0.704. The van der Waals surface area contributed by atoms with Gasteiger partial charge in [0.05, 0.1) is 5.92 Å². The average Bonchev–Trinajstić information content (AvgIpc) is 2.47. The van der Waals surface area contributed by atoms with Crippen molar-refractivity contribution >= 4 is 11.9 Å². The molecule has 0 aromatic heterocycles. The first-order chi connectivity index (χ1) is 9.60. The highest BCUT2D eigenvalue weighted by Gasteiger charge is 2.31. The van der Waals surface area contributed by atoms with Gasteiger partial charge in [0.15, 0.2) is 0 Å². The summed E-state index contributed by atoms with van der Waals surface area (Å²) in [5.41, 5.74) is 0. The predicted octanol–water partition coefficient (Wildman–Crippen LogP) is 3.31. The third kappa shape index (κ3) is 5.14. The number of carboxylic acids is 1. The molecule has 20 heavy (non-hydrogen) atoms. The predicted molar refractivity (Wildman–Crippen MR) is 79.5 cm³/mol. The Hall–Kier alpha value is -1.06. The van der Waals surface area contributed by atoms with E-state index in [0.29, 0.717) is 12.8 Å². The fourth-order valence-electron chi connectivity index (χ4n) is 2.88. The molecule has 1 aliphatic rings. The van der Waals surface area contributed by atoms with Gasteiger partial charge in [-0.05, 0) is 38.5 Å². The average molecular weight is 283 g/mol. The quantitative estimate of drug-likeness (QED) is 0.743. The molecule has 4 nitrogen and oxygen atoms in total. The number of amides is 1. The fourth-order valence-corrected chi connectivity index (χ4v) is 2.88. The zero-order chi connectivity index (χ0) is 15.0. The second kappa shape index (κ2) is 8.98. The first-order valence-electron chi connectivity index (χ1n) is 8.11. The van der Waals surface area contributed by atoms with Gasteiger partial charge in [0.2, 0.25) is 5.91 Å². The number of carbonyl (C=O) groups excluding carboxylic acids is 1. The molecule has 0 unspecified atom stereocenters. The molecule has 1 amide bonds. The zero-order valence-corrected chi connectivity index (χ0v) is 12.9. The molecule has 0 bridgehead atoms. The lowest BCUT2D eigenvalue weighted by Crippen LogP contribution is -2.39. The molecule has 4 heteroatoms. The first-order valence-corrected chi connectivity index (χ1v) is 8.11. The Kier molecular flexibility index (Phi) is 7.63. The van der Waals surface area contributed by atoms with Gasteiger partial charge in [-0.2, -0.15) is 0 Å². The number of hydrogen-bond acceptors (Lipinski definition) is 2. The van der Waals surface area contributed by atoms with Crippen LogP contribution in [0, 0.1) is 11.8 Å². The molecule has 1 fully saturated rings. The van der Waals surface area contributed by atoms with E-state index in [1.54, 1.807) is 0 Å². The summed E-state index contributed by atoms with van der Waals surface area (Å²) in [5, 5.41) is 9.01. The van der Waals surface area contributed by atoms with Crippen LogP contribution in [0.4, 0.5) is 0 Å². The smallest absolute Gasteiger partial charge is 0.306 e. The number of carboxylic acid groups (broad SMARTS) is 1. The minimum Gasteiger partial charge on any atom is -0.481 e. The summed E-state index contributed by atoms with van der Waals surface area (Å²) >= 11 is 0.